The molecule has 2 aromatic rings. The van der Waals surface area contributed by atoms with Gasteiger partial charge >= 0.3 is 0 Å². The summed E-state index contributed by atoms with van der Waals surface area (Å²) >= 11 is 0. The van der Waals surface area contributed by atoms with Gasteiger partial charge in [-0.15, -0.1) is 12.4 Å². The van der Waals surface area contributed by atoms with Crippen LogP contribution >= 0.6 is 12.4 Å². The number of carbonyl (C=O) groups is 1. The highest BCUT2D eigenvalue weighted by atomic mass is 35.5. The molecule has 0 spiro atoms. The second kappa shape index (κ2) is 8.89. The van der Waals surface area contributed by atoms with E-state index in [0.29, 0.717) is 5.91 Å². The zero-order valence-corrected chi connectivity index (χ0v) is 16.8. The smallest absolute Gasteiger partial charge is 0.225 e. The van der Waals surface area contributed by atoms with Gasteiger partial charge in [0.2, 0.25) is 5.91 Å². The van der Waals surface area contributed by atoms with Crippen LogP contribution in [0.15, 0.2) is 30.3 Å². The first-order valence-electron chi connectivity index (χ1n) is 9.83. The number of fused-ring (bicyclic) bond motifs is 1. The average molecular weight is 389 g/mol. The Labute approximate surface area is 167 Å². The summed E-state index contributed by atoms with van der Waals surface area (Å²) in [6.07, 6.45) is 4.88. The second-order valence-electron chi connectivity index (χ2n) is 7.47. The average Bonchev–Trinajstić information content (AvgIpc) is 2.91. The molecular formula is C21H29ClN4O. The number of hydrogen-bond acceptors (Lipinski definition) is 3. The van der Waals surface area contributed by atoms with Crippen molar-refractivity contribution in [3.63, 3.8) is 0 Å². The van der Waals surface area contributed by atoms with Crippen molar-refractivity contribution in [1.29, 1.82) is 0 Å². The topological polar surface area (TPSA) is 50.2 Å². The van der Waals surface area contributed by atoms with Gasteiger partial charge in [-0.3, -0.25) is 9.48 Å². The fourth-order valence-corrected chi connectivity index (χ4v) is 4.35. The quantitative estimate of drug-likeness (QED) is 0.860. The maximum absolute atomic E-state index is 13.0. The fourth-order valence-electron chi connectivity index (χ4n) is 4.35. The Balaban J connectivity index is 0.00000210. The van der Waals surface area contributed by atoms with Crippen molar-refractivity contribution in [3.8, 4) is 11.3 Å². The minimum atomic E-state index is 0. The van der Waals surface area contributed by atoms with Crippen molar-refractivity contribution >= 4 is 18.3 Å². The summed E-state index contributed by atoms with van der Waals surface area (Å²) in [5.74, 6) is 0.550. The Morgan fingerprint density at radius 3 is 2.70 bits per heavy atom. The predicted molar refractivity (Wildman–Crippen MR) is 110 cm³/mol. The monoisotopic (exact) mass is 388 g/mol. The number of benzene rings is 1. The van der Waals surface area contributed by atoms with Gasteiger partial charge in [0.1, 0.15) is 0 Å². The molecule has 2 aliphatic heterocycles. The van der Waals surface area contributed by atoms with Crippen LogP contribution < -0.4 is 5.32 Å². The Kier molecular flexibility index (Phi) is 6.55. The number of aromatic nitrogens is 2. The standard InChI is InChI=1S/C21H28N4O.ClH/c1-24-19-11-15-25(21(26)17-8-5-12-22-13-9-17)14-10-18(19)20(23-24)16-6-3-2-4-7-16;/h2-4,6-7,17,22H,5,8-15H2,1H3;1H. The number of amides is 1. The van der Waals surface area contributed by atoms with Crippen molar-refractivity contribution in [3.05, 3.63) is 41.6 Å². The number of halogens is 1. The molecule has 1 fully saturated rings. The minimum Gasteiger partial charge on any atom is -0.342 e. The van der Waals surface area contributed by atoms with E-state index in [4.69, 9.17) is 5.10 Å². The fraction of sp³-hybridized carbons (Fsp3) is 0.524. The van der Waals surface area contributed by atoms with E-state index in [0.717, 1.165) is 64.0 Å². The van der Waals surface area contributed by atoms with Gasteiger partial charge in [0.15, 0.2) is 0 Å². The van der Waals surface area contributed by atoms with Crippen LogP contribution in [0.1, 0.15) is 30.5 Å². The van der Waals surface area contributed by atoms with Crippen LogP contribution in [0.5, 0.6) is 0 Å². The molecule has 1 amide bonds. The van der Waals surface area contributed by atoms with E-state index in [1.165, 1.54) is 16.8 Å². The van der Waals surface area contributed by atoms with E-state index in [2.05, 4.69) is 34.5 Å². The molecule has 1 atom stereocenters. The molecule has 4 rings (SSSR count). The number of aryl methyl sites for hydroxylation is 1. The van der Waals surface area contributed by atoms with Gasteiger partial charge in [0.25, 0.3) is 0 Å². The van der Waals surface area contributed by atoms with E-state index in [1.54, 1.807) is 0 Å². The molecule has 0 radical (unpaired) electrons. The number of nitrogens with one attached hydrogen (secondary N) is 1. The lowest BCUT2D eigenvalue weighted by Gasteiger charge is -2.25. The van der Waals surface area contributed by atoms with E-state index in [9.17, 15) is 4.79 Å². The summed E-state index contributed by atoms with van der Waals surface area (Å²) in [7, 11) is 2.03. The number of nitrogens with zero attached hydrogens (tertiary/aromatic N) is 3. The molecule has 1 aromatic carbocycles. The molecule has 0 bridgehead atoms. The van der Waals surface area contributed by atoms with Crippen molar-refractivity contribution in [2.24, 2.45) is 13.0 Å². The zero-order valence-electron chi connectivity index (χ0n) is 16.0. The Bertz CT molecular complexity index is 766. The third-order valence-electron chi connectivity index (χ3n) is 5.81. The third kappa shape index (κ3) is 4.19. The number of rotatable bonds is 2. The molecule has 1 saturated heterocycles. The molecule has 5 nitrogen and oxygen atoms in total. The van der Waals surface area contributed by atoms with Crippen molar-refractivity contribution < 1.29 is 4.79 Å². The molecule has 2 aliphatic rings. The first-order valence-corrected chi connectivity index (χ1v) is 9.83. The van der Waals surface area contributed by atoms with Crippen molar-refractivity contribution in [1.82, 2.24) is 20.0 Å². The highest BCUT2D eigenvalue weighted by Crippen LogP contribution is 2.28. The maximum atomic E-state index is 13.0. The van der Waals surface area contributed by atoms with Gasteiger partial charge in [0, 0.05) is 49.3 Å². The van der Waals surface area contributed by atoms with Crippen LogP contribution in [0.3, 0.4) is 0 Å². The minimum absolute atomic E-state index is 0. The summed E-state index contributed by atoms with van der Waals surface area (Å²) < 4.78 is 2.02. The van der Waals surface area contributed by atoms with E-state index in [1.807, 2.05) is 17.8 Å². The summed E-state index contributed by atoms with van der Waals surface area (Å²) in [6.45, 7) is 3.62. The largest absolute Gasteiger partial charge is 0.342 e. The second-order valence-corrected chi connectivity index (χ2v) is 7.47. The molecule has 1 aromatic heterocycles. The SMILES string of the molecule is Cl.Cn1nc(-c2ccccc2)c2c1CCN(C(=O)C1CCCNCC1)CC2. The summed E-state index contributed by atoms with van der Waals surface area (Å²) in [5, 5.41) is 8.19. The highest BCUT2D eigenvalue weighted by molar-refractivity contribution is 5.85. The molecule has 1 N–H and O–H groups in total. The van der Waals surface area contributed by atoms with Gasteiger partial charge in [-0.1, -0.05) is 30.3 Å². The highest BCUT2D eigenvalue weighted by Gasteiger charge is 2.28. The molecule has 27 heavy (non-hydrogen) atoms. The normalized spacial score (nSPS) is 20.2. The summed E-state index contributed by atoms with van der Waals surface area (Å²) in [6, 6.07) is 10.4. The van der Waals surface area contributed by atoms with E-state index >= 15 is 0 Å². The predicted octanol–water partition coefficient (Wildman–Crippen LogP) is 2.83. The van der Waals surface area contributed by atoms with Gasteiger partial charge in [-0.2, -0.15) is 5.10 Å². The van der Waals surface area contributed by atoms with Gasteiger partial charge in [-0.25, -0.2) is 0 Å². The molecular weight excluding hydrogens is 360 g/mol. The van der Waals surface area contributed by atoms with Crippen LogP contribution in [-0.2, 0) is 24.7 Å². The van der Waals surface area contributed by atoms with E-state index < -0.39 is 0 Å². The first kappa shape index (κ1) is 19.9. The Hall–Kier alpha value is -1.85. The number of carbonyl (C=O) groups excluding carboxylic acids is 1. The van der Waals surface area contributed by atoms with Crippen molar-refractivity contribution in [2.75, 3.05) is 26.2 Å². The zero-order chi connectivity index (χ0) is 17.9. The lowest BCUT2D eigenvalue weighted by molar-refractivity contribution is -0.135. The summed E-state index contributed by atoms with van der Waals surface area (Å²) in [4.78, 5) is 15.1. The molecule has 0 aliphatic carbocycles. The van der Waals surface area contributed by atoms with Gasteiger partial charge in [-0.05, 0) is 38.8 Å². The van der Waals surface area contributed by atoms with E-state index in [-0.39, 0.29) is 18.3 Å². The van der Waals surface area contributed by atoms with Crippen LogP contribution in [0.4, 0.5) is 0 Å². The Morgan fingerprint density at radius 1 is 1.11 bits per heavy atom. The van der Waals surface area contributed by atoms with Crippen LogP contribution in [0.25, 0.3) is 11.3 Å². The molecule has 6 heteroatoms. The number of hydrogen-bond donors (Lipinski definition) is 1. The molecule has 0 saturated carbocycles. The first-order chi connectivity index (χ1) is 12.7. The maximum Gasteiger partial charge on any atom is 0.225 e. The molecule has 146 valence electrons. The van der Waals surface area contributed by atoms with Gasteiger partial charge < -0.3 is 10.2 Å². The lowest BCUT2D eigenvalue weighted by Crippen LogP contribution is -2.38. The Morgan fingerprint density at radius 2 is 1.89 bits per heavy atom. The molecule has 3 heterocycles. The van der Waals surface area contributed by atoms with Crippen molar-refractivity contribution in [2.45, 2.75) is 32.1 Å². The van der Waals surface area contributed by atoms with Crippen LogP contribution in [0, 0.1) is 5.92 Å². The van der Waals surface area contributed by atoms with Gasteiger partial charge in [0.05, 0.1) is 5.69 Å². The molecule has 1 unspecified atom stereocenters. The van der Waals surface area contributed by atoms with Crippen LogP contribution in [-0.4, -0.2) is 46.8 Å². The lowest BCUT2D eigenvalue weighted by atomic mass is 9.99. The van der Waals surface area contributed by atoms with Crippen LogP contribution in [0.2, 0.25) is 0 Å². The third-order valence-corrected chi connectivity index (χ3v) is 5.81. The summed E-state index contributed by atoms with van der Waals surface area (Å²) in [5.41, 5.74) is 4.84.